The van der Waals surface area contributed by atoms with E-state index in [1.54, 1.807) is 6.07 Å². The van der Waals surface area contributed by atoms with Gasteiger partial charge in [-0.2, -0.15) is 27.9 Å². The number of carboxylic acid groups (broad SMARTS) is 1. The maximum Gasteiger partial charge on any atom is 0.490 e. The van der Waals surface area contributed by atoms with Crippen LogP contribution in [0.25, 0.3) is 16.9 Å². The van der Waals surface area contributed by atoms with Gasteiger partial charge in [-0.3, -0.25) is 0 Å². The lowest BCUT2D eigenvalue weighted by molar-refractivity contribution is -0.192. The number of carbonyl (C=O) groups is 1. The van der Waals surface area contributed by atoms with Gasteiger partial charge in [0.05, 0.1) is 5.69 Å². The van der Waals surface area contributed by atoms with E-state index in [1.807, 2.05) is 13.8 Å². The zero-order valence-corrected chi connectivity index (χ0v) is 19.7. The Morgan fingerprint density at radius 1 is 1.14 bits per heavy atom. The van der Waals surface area contributed by atoms with Crippen LogP contribution in [0.15, 0.2) is 16.7 Å². The summed E-state index contributed by atoms with van der Waals surface area (Å²) in [7, 11) is 0. The lowest BCUT2D eigenvalue weighted by Crippen LogP contribution is -2.44. The molecule has 1 saturated heterocycles. The van der Waals surface area contributed by atoms with E-state index in [9.17, 15) is 22.0 Å². The molecule has 0 atom stereocenters. The van der Waals surface area contributed by atoms with Crippen molar-refractivity contribution in [1.29, 1.82) is 0 Å². The molecule has 0 radical (unpaired) electrons. The van der Waals surface area contributed by atoms with E-state index in [0.29, 0.717) is 17.0 Å². The molecule has 1 aliphatic carbocycles. The molecule has 2 fully saturated rings. The molecule has 5 rings (SSSR count). The van der Waals surface area contributed by atoms with E-state index in [2.05, 4.69) is 20.1 Å². The van der Waals surface area contributed by atoms with Gasteiger partial charge in [-0.25, -0.2) is 13.6 Å². The zero-order chi connectivity index (χ0) is 26.2. The number of hydrogen-bond acceptors (Lipinski definition) is 6. The molecule has 2 aromatic heterocycles. The van der Waals surface area contributed by atoms with Crippen molar-refractivity contribution >= 4 is 16.9 Å². The quantitative estimate of drug-likeness (QED) is 0.479. The van der Waals surface area contributed by atoms with Gasteiger partial charge in [-0.15, -0.1) is 0 Å². The standard InChI is InChI=1S/C21H25F2N5O.C2HF3O2/c1-12(2)18-15-6-7-16(22)17(23)19(15)28(25-18)21-24-20(29-26-21)13-8-10-27(11-9-13)14-4-3-5-14;3-2(4,5)1(6)7/h6-7,12-14H,3-5,8-11H2,1-2H3;(H,6,7). The Balaban J connectivity index is 0.000000384. The Bertz CT molecular complexity index is 1230. The van der Waals surface area contributed by atoms with Gasteiger partial charge in [-0.1, -0.05) is 20.3 Å². The van der Waals surface area contributed by atoms with Crippen LogP contribution in [-0.4, -0.2) is 61.2 Å². The molecule has 0 amide bonds. The molecule has 1 saturated carbocycles. The monoisotopic (exact) mass is 515 g/mol. The molecule has 0 unspecified atom stereocenters. The Hall–Kier alpha value is -3.09. The number of aromatic nitrogens is 4. The highest BCUT2D eigenvalue weighted by molar-refractivity contribution is 5.84. The Morgan fingerprint density at radius 3 is 2.31 bits per heavy atom. The average molecular weight is 515 g/mol. The lowest BCUT2D eigenvalue weighted by Gasteiger charge is -2.41. The molecule has 3 aromatic rings. The van der Waals surface area contributed by atoms with Crippen LogP contribution in [0.1, 0.15) is 69.4 Å². The number of hydrogen-bond donors (Lipinski definition) is 1. The van der Waals surface area contributed by atoms with Crippen LogP contribution >= 0.6 is 0 Å². The van der Waals surface area contributed by atoms with Crippen LogP contribution in [0.4, 0.5) is 22.0 Å². The van der Waals surface area contributed by atoms with Crippen LogP contribution in [0.3, 0.4) is 0 Å². The molecule has 8 nitrogen and oxygen atoms in total. The van der Waals surface area contributed by atoms with E-state index in [1.165, 1.54) is 23.9 Å². The minimum atomic E-state index is -5.08. The van der Waals surface area contributed by atoms with Crippen LogP contribution < -0.4 is 0 Å². The smallest absolute Gasteiger partial charge is 0.475 e. The van der Waals surface area contributed by atoms with Gasteiger partial charge in [0.1, 0.15) is 5.52 Å². The first-order valence-electron chi connectivity index (χ1n) is 11.7. The van der Waals surface area contributed by atoms with Gasteiger partial charge in [0.25, 0.3) is 5.95 Å². The summed E-state index contributed by atoms with van der Waals surface area (Å²) >= 11 is 0. The summed E-state index contributed by atoms with van der Waals surface area (Å²) in [5.74, 6) is -3.66. The van der Waals surface area contributed by atoms with Gasteiger partial charge in [0.2, 0.25) is 5.89 Å². The SMILES string of the molecule is CC(C)c1nn(-c2noc(C3CCN(C4CCC4)CC3)n2)c2c(F)c(F)ccc12.O=C(O)C(F)(F)F. The molecule has 1 aliphatic heterocycles. The highest BCUT2D eigenvalue weighted by Gasteiger charge is 2.38. The summed E-state index contributed by atoms with van der Waals surface area (Å²) in [6.45, 7) is 6.00. The number of alkyl halides is 3. The van der Waals surface area contributed by atoms with Crippen LogP contribution in [0, 0.1) is 11.6 Å². The third kappa shape index (κ3) is 5.20. The maximum atomic E-state index is 14.6. The average Bonchev–Trinajstić information content (AvgIpc) is 3.41. The lowest BCUT2D eigenvalue weighted by atomic mass is 9.88. The van der Waals surface area contributed by atoms with Crippen molar-refractivity contribution < 1.29 is 36.4 Å². The van der Waals surface area contributed by atoms with Gasteiger partial charge >= 0.3 is 12.1 Å². The van der Waals surface area contributed by atoms with Gasteiger partial charge < -0.3 is 14.5 Å². The van der Waals surface area contributed by atoms with Crippen molar-refractivity contribution in [2.24, 2.45) is 0 Å². The molecule has 3 heterocycles. The number of halogens is 5. The summed E-state index contributed by atoms with van der Waals surface area (Å²) < 4.78 is 67.1. The summed E-state index contributed by atoms with van der Waals surface area (Å²) in [4.78, 5) is 16.0. The number of nitrogens with zero attached hydrogens (tertiary/aromatic N) is 5. The predicted molar refractivity (Wildman–Crippen MR) is 118 cm³/mol. The summed E-state index contributed by atoms with van der Waals surface area (Å²) in [5, 5.41) is 16.2. The fourth-order valence-corrected chi connectivity index (χ4v) is 4.48. The topological polar surface area (TPSA) is 97.3 Å². The van der Waals surface area contributed by atoms with E-state index in [-0.39, 0.29) is 23.3 Å². The number of fused-ring (bicyclic) bond motifs is 1. The Labute approximate surface area is 203 Å². The van der Waals surface area contributed by atoms with Crippen LogP contribution in [-0.2, 0) is 4.79 Å². The molecular weight excluding hydrogens is 489 g/mol. The van der Waals surface area contributed by atoms with Crippen molar-refractivity contribution in [3.05, 3.63) is 35.4 Å². The van der Waals surface area contributed by atoms with E-state index < -0.39 is 23.8 Å². The van der Waals surface area contributed by atoms with Crippen LogP contribution in [0.5, 0.6) is 0 Å². The second-order valence-electron chi connectivity index (χ2n) is 9.34. The normalized spacial score (nSPS) is 17.8. The van der Waals surface area contributed by atoms with Crippen LogP contribution in [0.2, 0.25) is 0 Å². The zero-order valence-electron chi connectivity index (χ0n) is 19.7. The Kier molecular flexibility index (Phi) is 7.30. The second kappa shape index (κ2) is 10.1. The second-order valence-corrected chi connectivity index (χ2v) is 9.34. The summed E-state index contributed by atoms with van der Waals surface area (Å²) in [6, 6.07) is 3.44. The molecule has 13 heteroatoms. The molecule has 1 N–H and O–H groups in total. The highest BCUT2D eigenvalue weighted by atomic mass is 19.4. The number of piperidine rings is 1. The van der Waals surface area contributed by atoms with Crippen molar-refractivity contribution in [2.45, 2.75) is 70.0 Å². The van der Waals surface area contributed by atoms with Gasteiger partial charge in [-0.05, 0) is 62.0 Å². The van der Waals surface area contributed by atoms with Gasteiger partial charge in [0, 0.05) is 17.3 Å². The van der Waals surface area contributed by atoms with Crippen molar-refractivity contribution in [3.8, 4) is 5.95 Å². The Morgan fingerprint density at radius 2 is 1.78 bits per heavy atom. The molecule has 196 valence electrons. The third-order valence-corrected chi connectivity index (χ3v) is 6.64. The minimum absolute atomic E-state index is 0.0471. The molecule has 1 aromatic carbocycles. The van der Waals surface area contributed by atoms with Crippen molar-refractivity contribution in [3.63, 3.8) is 0 Å². The van der Waals surface area contributed by atoms with E-state index in [0.717, 1.165) is 38.0 Å². The fourth-order valence-electron chi connectivity index (χ4n) is 4.48. The highest BCUT2D eigenvalue weighted by Crippen LogP contribution is 2.34. The summed E-state index contributed by atoms with van der Waals surface area (Å²) in [5.41, 5.74) is 0.736. The first kappa shape index (κ1) is 26.0. The number of benzene rings is 1. The van der Waals surface area contributed by atoms with Gasteiger partial charge in [0.15, 0.2) is 11.6 Å². The molecular formula is C23H26F5N5O3. The first-order chi connectivity index (χ1) is 17.0. The fraction of sp³-hybridized carbons (Fsp3) is 0.565. The number of aliphatic carboxylic acids is 1. The number of rotatable bonds is 4. The van der Waals surface area contributed by atoms with E-state index in [4.69, 9.17) is 14.4 Å². The molecule has 36 heavy (non-hydrogen) atoms. The predicted octanol–water partition coefficient (Wildman–Crippen LogP) is 5.18. The molecule has 2 aliphatic rings. The van der Waals surface area contributed by atoms with Crippen molar-refractivity contribution in [2.75, 3.05) is 13.1 Å². The maximum absolute atomic E-state index is 14.6. The van der Waals surface area contributed by atoms with Crippen molar-refractivity contribution in [1.82, 2.24) is 24.8 Å². The number of carboxylic acids is 1. The van der Waals surface area contributed by atoms with E-state index >= 15 is 0 Å². The summed E-state index contributed by atoms with van der Waals surface area (Å²) in [6.07, 6.45) is 0.811. The largest absolute Gasteiger partial charge is 0.490 e. The molecule has 0 spiro atoms. The number of likely N-dealkylation sites (tertiary alicyclic amines) is 1. The first-order valence-corrected chi connectivity index (χ1v) is 11.7. The molecule has 0 bridgehead atoms. The minimum Gasteiger partial charge on any atom is -0.475 e. The third-order valence-electron chi connectivity index (χ3n) is 6.64.